The summed E-state index contributed by atoms with van der Waals surface area (Å²) in [7, 11) is 0. The molecule has 2 aliphatic rings. The van der Waals surface area contributed by atoms with Gasteiger partial charge in [0.15, 0.2) is 0 Å². The molecule has 0 radical (unpaired) electrons. The number of rotatable bonds is 2. The number of hydrogen-bond acceptors (Lipinski definition) is 1. The molecule has 0 N–H and O–H groups in total. The Labute approximate surface area is 283 Å². The van der Waals surface area contributed by atoms with Crippen molar-refractivity contribution in [3.05, 3.63) is 192 Å². The van der Waals surface area contributed by atoms with E-state index in [2.05, 4.69) is 170 Å². The van der Waals surface area contributed by atoms with Gasteiger partial charge >= 0.3 is 0 Å². The monoisotopic (exact) mass is 624 g/mol. The van der Waals surface area contributed by atoms with E-state index in [-0.39, 0.29) is 0 Å². The molecule has 0 bridgehead atoms. The number of hydrogen-bond donors (Lipinski definition) is 0. The summed E-state index contributed by atoms with van der Waals surface area (Å²) in [6, 6.07) is 63.8. The van der Waals surface area contributed by atoms with Gasteiger partial charge in [-0.3, -0.25) is 0 Å². The molecule has 1 heterocycles. The van der Waals surface area contributed by atoms with Gasteiger partial charge in [0.25, 0.3) is 0 Å². The Morgan fingerprint density at radius 1 is 0.354 bits per heavy atom. The Morgan fingerprint density at radius 3 is 1.81 bits per heavy atom. The third-order valence-corrected chi connectivity index (χ3v) is 12.0. The smallest absolute Gasteiger partial charge is 0.0731 e. The van der Waals surface area contributed by atoms with Gasteiger partial charge < -0.3 is 0 Å². The van der Waals surface area contributed by atoms with Crippen LogP contribution in [0.4, 0.5) is 0 Å². The first-order valence-electron chi connectivity index (χ1n) is 16.7. The van der Waals surface area contributed by atoms with Crippen molar-refractivity contribution in [3.8, 4) is 44.5 Å². The maximum absolute atomic E-state index is 2.50. The molecule has 0 fully saturated rings. The predicted octanol–water partition coefficient (Wildman–Crippen LogP) is 12.9. The molecule has 1 heteroatoms. The minimum atomic E-state index is -0.444. The lowest BCUT2D eigenvalue weighted by Gasteiger charge is -2.32. The van der Waals surface area contributed by atoms with E-state index in [1.165, 1.54) is 97.7 Å². The minimum absolute atomic E-state index is 0.444. The highest BCUT2D eigenvalue weighted by Crippen LogP contribution is 2.65. The molecule has 0 amide bonds. The third-order valence-electron chi connectivity index (χ3n) is 10.9. The normalized spacial score (nSPS) is 13.6. The molecule has 8 aromatic carbocycles. The Hall–Kier alpha value is -5.76. The average Bonchev–Trinajstić information content (AvgIpc) is 3.78. The van der Waals surface area contributed by atoms with E-state index in [0.717, 1.165) is 0 Å². The molecule has 0 saturated carbocycles. The fourth-order valence-corrected chi connectivity index (χ4v) is 10.1. The predicted molar refractivity (Wildman–Crippen MR) is 204 cm³/mol. The fraction of sp³-hybridized carbons (Fsp3) is 0.0213. The van der Waals surface area contributed by atoms with Gasteiger partial charge in [-0.25, -0.2) is 0 Å². The molecule has 0 saturated heterocycles. The van der Waals surface area contributed by atoms with Crippen molar-refractivity contribution in [2.75, 3.05) is 0 Å². The first-order valence-corrected chi connectivity index (χ1v) is 17.5. The van der Waals surface area contributed by atoms with Crippen LogP contribution in [-0.4, -0.2) is 0 Å². The molecule has 0 unspecified atom stereocenters. The van der Waals surface area contributed by atoms with Crippen LogP contribution < -0.4 is 0 Å². The van der Waals surface area contributed by atoms with Crippen molar-refractivity contribution in [1.82, 2.24) is 0 Å². The lowest BCUT2D eigenvalue weighted by molar-refractivity contribution is 0.802. The average molecular weight is 625 g/mol. The molecule has 2 aliphatic carbocycles. The van der Waals surface area contributed by atoms with E-state index in [0.29, 0.717) is 0 Å². The highest BCUT2D eigenvalue weighted by molar-refractivity contribution is 7.25. The molecule has 0 aliphatic heterocycles. The maximum Gasteiger partial charge on any atom is 0.0731 e. The largest absolute Gasteiger partial charge is 0.135 e. The minimum Gasteiger partial charge on any atom is -0.135 e. The lowest BCUT2D eigenvalue weighted by Crippen LogP contribution is -2.26. The van der Waals surface area contributed by atoms with Crippen molar-refractivity contribution in [3.63, 3.8) is 0 Å². The van der Waals surface area contributed by atoms with Gasteiger partial charge in [-0.1, -0.05) is 146 Å². The molecule has 9 aromatic rings. The standard InChI is InChI=1S/C47H28S/c1-2-12-29(13-3-1)30-22-25-38-42(27-30)47(40-19-9-6-16-34(40)35-17-7-10-20-41(35)47)46-33-15-5-4-14-31(33)26-39(45(38)46)32-23-24-37-36-18-8-11-21-43(36)48-44(37)28-32/h1-28H. The first-order chi connectivity index (χ1) is 23.8. The van der Waals surface area contributed by atoms with Crippen LogP contribution in [-0.2, 0) is 5.41 Å². The van der Waals surface area contributed by atoms with E-state index in [1.807, 2.05) is 11.3 Å². The molecule has 0 nitrogen and oxygen atoms in total. The van der Waals surface area contributed by atoms with Crippen LogP contribution in [0.1, 0.15) is 22.3 Å². The van der Waals surface area contributed by atoms with Crippen molar-refractivity contribution in [1.29, 1.82) is 0 Å². The van der Waals surface area contributed by atoms with Crippen LogP contribution in [0.2, 0.25) is 0 Å². The van der Waals surface area contributed by atoms with Gasteiger partial charge in [0.05, 0.1) is 5.41 Å². The quantitative estimate of drug-likeness (QED) is 0.179. The van der Waals surface area contributed by atoms with E-state index in [4.69, 9.17) is 0 Å². The van der Waals surface area contributed by atoms with Gasteiger partial charge in [0.2, 0.25) is 0 Å². The van der Waals surface area contributed by atoms with Crippen LogP contribution in [0.3, 0.4) is 0 Å². The van der Waals surface area contributed by atoms with Crippen LogP contribution in [0.25, 0.3) is 75.5 Å². The number of benzene rings is 8. The van der Waals surface area contributed by atoms with Crippen molar-refractivity contribution in [2.24, 2.45) is 0 Å². The van der Waals surface area contributed by atoms with E-state index in [1.54, 1.807) is 0 Å². The summed E-state index contributed by atoms with van der Waals surface area (Å²) >= 11 is 1.89. The van der Waals surface area contributed by atoms with Crippen molar-refractivity contribution in [2.45, 2.75) is 5.41 Å². The second-order valence-electron chi connectivity index (χ2n) is 13.2. The van der Waals surface area contributed by atoms with E-state index < -0.39 is 5.41 Å². The molecule has 48 heavy (non-hydrogen) atoms. The van der Waals surface area contributed by atoms with Gasteiger partial charge in [-0.15, -0.1) is 11.3 Å². The van der Waals surface area contributed by atoms with E-state index in [9.17, 15) is 0 Å². The maximum atomic E-state index is 2.50. The lowest BCUT2D eigenvalue weighted by atomic mass is 9.69. The zero-order valence-electron chi connectivity index (χ0n) is 26.1. The van der Waals surface area contributed by atoms with Gasteiger partial charge in [0.1, 0.15) is 0 Å². The van der Waals surface area contributed by atoms with Gasteiger partial charge in [-0.05, 0) is 102 Å². The first kappa shape index (κ1) is 26.3. The molecular weight excluding hydrogens is 597 g/mol. The van der Waals surface area contributed by atoms with Gasteiger partial charge in [-0.2, -0.15) is 0 Å². The topological polar surface area (TPSA) is 0 Å². The Morgan fingerprint density at radius 2 is 1.00 bits per heavy atom. The summed E-state index contributed by atoms with van der Waals surface area (Å²) in [4.78, 5) is 0. The van der Waals surface area contributed by atoms with Crippen molar-refractivity contribution >= 4 is 42.3 Å². The highest BCUT2D eigenvalue weighted by Gasteiger charge is 2.53. The van der Waals surface area contributed by atoms with E-state index >= 15 is 0 Å². The van der Waals surface area contributed by atoms with Crippen molar-refractivity contribution < 1.29 is 0 Å². The second kappa shape index (κ2) is 9.64. The summed E-state index contributed by atoms with van der Waals surface area (Å²) in [6.07, 6.45) is 0. The molecule has 11 rings (SSSR count). The summed E-state index contributed by atoms with van der Waals surface area (Å²) in [5.41, 5.74) is 15.5. The SMILES string of the molecule is c1ccc(-c2ccc3c(c2)C2(c4ccccc4-c4ccccc42)c2c-3c(-c3ccc4c(c3)sc3ccccc34)cc3ccccc23)cc1. The Kier molecular flexibility index (Phi) is 5.29. The summed E-state index contributed by atoms with van der Waals surface area (Å²) < 4.78 is 2.67. The summed E-state index contributed by atoms with van der Waals surface area (Å²) in [6.45, 7) is 0. The van der Waals surface area contributed by atoms with Crippen LogP contribution in [0.5, 0.6) is 0 Å². The number of thiophene rings is 1. The van der Waals surface area contributed by atoms with Crippen LogP contribution in [0.15, 0.2) is 170 Å². The van der Waals surface area contributed by atoms with Crippen LogP contribution >= 0.6 is 11.3 Å². The molecule has 222 valence electrons. The molecule has 1 aromatic heterocycles. The Balaban J connectivity index is 1.31. The molecule has 0 atom stereocenters. The fourth-order valence-electron chi connectivity index (χ4n) is 8.95. The van der Waals surface area contributed by atoms with Crippen LogP contribution in [0, 0.1) is 0 Å². The summed E-state index contributed by atoms with van der Waals surface area (Å²) in [5, 5.41) is 5.27. The highest BCUT2D eigenvalue weighted by atomic mass is 32.1. The third kappa shape index (κ3) is 3.34. The zero-order chi connectivity index (χ0) is 31.4. The molecule has 1 spiro atoms. The summed E-state index contributed by atoms with van der Waals surface area (Å²) in [5.74, 6) is 0. The zero-order valence-corrected chi connectivity index (χ0v) is 26.9. The number of fused-ring (bicyclic) bond motifs is 15. The van der Waals surface area contributed by atoms with Gasteiger partial charge in [0, 0.05) is 20.2 Å². The molecular formula is C47H28S. The second-order valence-corrected chi connectivity index (χ2v) is 14.3. The Bertz CT molecular complexity index is 2740.